The number of hydrogen-bond donors (Lipinski definition) is 1. The van der Waals surface area contributed by atoms with Gasteiger partial charge < -0.3 is 5.32 Å². The maximum atomic E-state index is 10.7. The average Bonchev–Trinajstić information content (AvgIpc) is 2.04. The number of benzene rings is 1. The molecule has 0 saturated carbocycles. The van der Waals surface area contributed by atoms with Gasteiger partial charge in [-0.2, -0.15) is 0 Å². The van der Waals surface area contributed by atoms with E-state index in [1.165, 1.54) is 6.92 Å². The van der Waals surface area contributed by atoms with Crippen LogP contribution < -0.4 is 5.32 Å². The van der Waals surface area contributed by atoms with Crippen LogP contribution in [0.5, 0.6) is 0 Å². The van der Waals surface area contributed by atoms with Gasteiger partial charge in [0.2, 0.25) is 5.91 Å². The van der Waals surface area contributed by atoms with Crippen molar-refractivity contribution in [3.63, 3.8) is 0 Å². The minimum atomic E-state index is -0.129. The van der Waals surface area contributed by atoms with E-state index in [0.717, 1.165) is 10.6 Å². The molecule has 13 heavy (non-hydrogen) atoms. The number of hydrogen-bond acceptors (Lipinski definition) is 2. The van der Waals surface area contributed by atoms with Gasteiger partial charge in [0.05, 0.1) is 0 Å². The molecule has 1 aromatic carbocycles. The molecule has 0 spiro atoms. The van der Waals surface area contributed by atoms with E-state index in [-0.39, 0.29) is 15.4 Å². The molecular weight excluding hydrogens is 202 g/mol. The zero-order valence-electron chi connectivity index (χ0n) is 7.53. The third kappa shape index (κ3) is 3.24. The van der Waals surface area contributed by atoms with Gasteiger partial charge in [0, 0.05) is 17.5 Å². The number of nitrogens with one attached hydrogen (secondary N) is 1. The van der Waals surface area contributed by atoms with Crippen LogP contribution in [0.1, 0.15) is 6.92 Å². The summed E-state index contributed by atoms with van der Waals surface area (Å²) in [5, 5.41) is 2.70. The average molecular weight is 213 g/mol. The third-order valence-electron chi connectivity index (χ3n) is 1.51. The maximum absolute atomic E-state index is 10.7. The van der Waals surface area contributed by atoms with Gasteiger partial charge in [-0.1, -0.05) is 9.45 Å². The number of amides is 1. The lowest BCUT2D eigenvalue weighted by Crippen LogP contribution is -2.05. The second-order valence-corrected chi connectivity index (χ2v) is 5.54. The summed E-state index contributed by atoms with van der Waals surface area (Å²) in [4.78, 5) is 11.8. The maximum Gasteiger partial charge on any atom is 0.221 e. The number of rotatable bonds is 2. The molecule has 0 saturated heterocycles. The van der Waals surface area contributed by atoms with Gasteiger partial charge in [0.15, 0.2) is 0 Å². The first kappa shape index (κ1) is 10.3. The molecule has 0 aliphatic carbocycles. The Hall–Kier alpha value is -0.740. The van der Waals surface area contributed by atoms with Crippen LogP contribution >= 0.6 is 0 Å². The van der Waals surface area contributed by atoms with Crippen molar-refractivity contribution in [3.8, 4) is 0 Å². The van der Waals surface area contributed by atoms with Crippen molar-refractivity contribution in [2.45, 2.75) is 11.8 Å². The summed E-state index contributed by atoms with van der Waals surface area (Å²) in [5.41, 5.74) is 0.816. The fourth-order valence-corrected chi connectivity index (χ4v) is 1.79. The van der Waals surface area contributed by atoms with Gasteiger partial charge in [-0.25, -0.2) is 0 Å². The van der Waals surface area contributed by atoms with Crippen LogP contribution in [0.15, 0.2) is 29.2 Å². The van der Waals surface area contributed by atoms with Crippen LogP contribution in [0.2, 0.25) is 0 Å². The molecule has 2 nitrogen and oxygen atoms in total. The van der Waals surface area contributed by atoms with E-state index in [0.29, 0.717) is 0 Å². The summed E-state index contributed by atoms with van der Waals surface area (Å²) in [5.74, 6) is -0.0541. The Morgan fingerprint density at radius 1 is 1.38 bits per heavy atom. The first-order chi connectivity index (χ1) is 6.09. The summed E-state index contributed by atoms with van der Waals surface area (Å²) in [6.45, 7) is 1.49. The van der Waals surface area contributed by atoms with E-state index in [1.54, 1.807) is 0 Å². The molecule has 4 heteroatoms. The van der Waals surface area contributed by atoms with Crippen LogP contribution in [0.3, 0.4) is 0 Å². The standard InChI is InChI=1S/C9H11NOS2/c1-7(11)10-8-3-5-9(6-4-8)13(2)12/h3-6H,1-2H3,(H,10,11). The minimum absolute atomic E-state index is 0.0541. The Labute approximate surface area is 84.9 Å². The van der Waals surface area contributed by atoms with Crippen LogP contribution in [0, 0.1) is 0 Å². The highest BCUT2D eigenvalue weighted by Crippen LogP contribution is 2.11. The highest BCUT2D eigenvalue weighted by atomic mass is 32.8. The van der Waals surface area contributed by atoms with Crippen molar-refractivity contribution in [1.82, 2.24) is 0 Å². The van der Waals surface area contributed by atoms with E-state index in [2.05, 4.69) is 5.32 Å². The van der Waals surface area contributed by atoms with Crippen molar-refractivity contribution < 1.29 is 4.79 Å². The Morgan fingerprint density at radius 3 is 2.31 bits per heavy atom. The molecular formula is C9H11NOS2. The van der Waals surface area contributed by atoms with Crippen molar-refractivity contribution in [3.05, 3.63) is 24.3 Å². The van der Waals surface area contributed by atoms with Crippen LogP contribution in [-0.4, -0.2) is 12.2 Å². The predicted molar refractivity (Wildman–Crippen MR) is 59.7 cm³/mol. The second kappa shape index (κ2) is 4.48. The lowest BCUT2D eigenvalue weighted by molar-refractivity contribution is -0.114. The second-order valence-electron chi connectivity index (χ2n) is 2.66. The molecule has 1 N–H and O–H groups in total. The van der Waals surface area contributed by atoms with Gasteiger partial charge in [-0.3, -0.25) is 4.79 Å². The Kier molecular flexibility index (Phi) is 3.57. The molecule has 0 bridgehead atoms. The van der Waals surface area contributed by atoms with Crippen LogP contribution in [0.4, 0.5) is 5.69 Å². The highest BCUT2D eigenvalue weighted by Gasteiger charge is 1.96. The smallest absolute Gasteiger partial charge is 0.221 e. The molecule has 1 unspecified atom stereocenters. The first-order valence-electron chi connectivity index (χ1n) is 3.80. The Balaban J connectivity index is 2.81. The van der Waals surface area contributed by atoms with Crippen molar-refractivity contribution in [1.29, 1.82) is 0 Å². The summed E-state index contributed by atoms with van der Waals surface area (Å²) in [6, 6.07) is 7.63. The lowest BCUT2D eigenvalue weighted by atomic mass is 10.3. The normalized spacial score (nSPS) is 12.2. The van der Waals surface area contributed by atoms with Gasteiger partial charge >= 0.3 is 0 Å². The van der Waals surface area contributed by atoms with Crippen molar-refractivity contribution in [2.75, 3.05) is 11.6 Å². The van der Waals surface area contributed by atoms with Gasteiger partial charge in [-0.15, -0.1) is 0 Å². The summed E-state index contributed by atoms with van der Waals surface area (Å²) in [7, 11) is -0.129. The molecule has 1 atom stereocenters. The van der Waals surface area contributed by atoms with Crippen LogP contribution in [0.25, 0.3) is 0 Å². The molecule has 0 aliphatic rings. The van der Waals surface area contributed by atoms with Gasteiger partial charge in [-0.05, 0) is 41.7 Å². The van der Waals surface area contributed by atoms with Crippen molar-refractivity contribution in [2.24, 2.45) is 0 Å². The molecule has 0 heterocycles. The zero-order valence-corrected chi connectivity index (χ0v) is 9.17. The van der Waals surface area contributed by atoms with Gasteiger partial charge in [0.25, 0.3) is 0 Å². The molecule has 0 radical (unpaired) electrons. The molecule has 0 aromatic heterocycles. The topological polar surface area (TPSA) is 29.1 Å². The fraction of sp³-hybridized carbons (Fsp3) is 0.222. The summed E-state index contributed by atoms with van der Waals surface area (Å²) in [6.07, 6.45) is 1.99. The fourth-order valence-electron chi connectivity index (χ4n) is 0.933. The number of anilines is 1. The van der Waals surface area contributed by atoms with Crippen molar-refractivity contribution >= 4 is 32.2 Å². The summed E-state index contributed by atoms with van der Waals surface area (Å²) < 4.78 is 0. The monoisotopic (exact) mass is 213 g/mol. The Bertz CT molecular complexity index is 332. The third-order valence-corrected chi connectivity index (χ3v) is 3.02. The van der Waals surface area contributed by atoms with E-state index in [9.17, 15) is 4.79 Å². The number of carbonyl (C=O) groups excluding carboxylic acids is 1. The molecule has 70 valence electrons. The quantitative estimate of drug-likeness (QED) is 0.810. The van der Waals surface area contributed by atoms with E-state index < -0.39 is 0 Å². The predicted octanol–water partition coefficient (Wildman–Crippen LogP) is 1.71. The zero-order chi connectivity index (χ0) is 9.84. The summed E-state index contributed by atoms with van der Waals surface area (Å²) >= 11 is 5.12. The first-order valence-corrected chi connectivity index (χ1v) is 6.36. The molecule has 0 aliphatic heterocycles. The molecule has 0 fully saturated rings. The van der Waals surface area contributed by atoms with E-state index in [1.807, 2.05) is 30.5 Å². The minimum Gasteiger partial charge on any atom is -0.326 e. The molecule has 1 amide bonds. The van der Waals surface area contributed by atoms with Gasteiger partial charge in [0.1, 0.15) is 0 Å². The van der Waals surface area contributed by atoms with Crippen LogP contribution in [-0.2, 0) is 25.4 Å². The molecule has 1 aromatic rings. The van der Waals surface area contributed by atoms with E-state index in [4.69, 9.17) is 11.2 Å². The lowest BCUT2D eigenvalue weighted by Gasteiger charge is -2.03. The molecule has 1 rings (SSSR count). The Morgan fingerprint density at radius 2 is 1.92 bits per heavy atom. The number of carbonyl (C=O) groups is 1. The van der Waals surface area contributed by atoms with E-state index >= 15 is 0 Å². The SMILES string of the molecule is CC(=O)Nc1ccc(S(C)=S)cc1. The highest BCUT2D eigenvalue weighted by molar-refractivity contribution is 8.28. The largest absolute Gasteiger partial charge is 0.326 e.